The van der Waals surface area contributed by atoms with Crippen LogP contribution in [0, 0.1) is 0 Å². The van der Waals surface area contributed by atoms with Gasteiger partial charge in [-0.15, -0.1) is 11.3 Å². The van der Waals surface area contributed by atoms with Gasteiger partial charge in [0.25, 0.3) is 0 Å². The molecule has 10 heteroatoms. The quantitative estimate of drug-likeness (QED) is 0.175. The van der Waals surface area contributed by atoms with E-state index in [9.17, 15) is 4.79 Å². The summed E-state index contributed by atoms with van der Waals surface area (Å²) in [5, 5.41) is 8.61. The van der Waals surface area contributed by atoms with E-state index in [0.717, 1.165) is 90.1 Å². The Balaban J connectivity index is 1.04. The van der Waals surface area contributed by atoms with Crippen molar-refractivity contribution >= 4 is 45.2 Å². The average molecular weight is 641 g/mol. The second kappa shape index (κ2) is 12.3. The van der Waals surface area contributed by atoms with E-state index < -0.39 is 5.41 Å². The predicted molar refractivity (Wildman–Crippen MR) is 190 cm³/mol. The molecule has 0 bridgehead atoms. The van der Waals surface area contributed by atoms with Crippen LogP contribution in [0.2, 0.25) is 0 Å². The van der Waals surface area contributed by atoms with Gasteiger partial charge in [-0.2, -0.15) is 0 Å². The molecule has 1 saturated heterocycles. The molecule has 0 spiro atoms. The van der Waals surface area contributed by atoms with Crippen LogP contribution in [0.15, 0.2) is 103 Å². The number of benzene rings is 3. The standard InChI is InChI=1S/C37H36N8OS/c1-2-43-19-21-44(22-20-43)30-13-11-28(12-14-30)40-35-38-18-15-31(41-35)33-32(42-36-45(33)23-24-47-36)26-7-6-10-29(25-26)39-34(46)37(16-17-37)27-8-4-3-5-9-27/h3-15,18,23-25H,2,16-17,19-22H2,1H3,(H,39,46)(H,38,40,41). The number of imidazole rings is 1. The molecule has 0 unspecified atom stereocenters. The maximum Gasteiger partial charge on any atom is 0.235 e. The van der Waals surface area contributed by atoms with Crippen LogP contribution in [0.25, 0.3) is 27.6 Å². The monoisotopic (exact) mass is 640 g/mol. The summed E-state index contributed by atoms with van der Waals surface area (Å²) in [6.45, 7) is 7.60. The van der Waals surface area contributed by atoms with Crippen LogP contribution in [0.3, 0.4) is 0 Å². The van der Waals surface area contributed by atoms with Crippen molar-refractivity contribution in [3.05, 3.63) is 108 Å². The number of anilines is 4. The fraction of sp³-hybridized carbons (Fsp3) is 0.243. The third kappa shape index (κ3) is 5.75. The third-order valence-electron chi connectivity index (χ3n) is 9.37. The molecule has 1 aliphatic carbocycles. The average Bonchev–Trinajstić information content (AvgIpc) is 3.68. The van der Waals surface area contributed by atoms with E-state index in [2.05, 4.69) is 61.0 Å². The van der Waals surface area contributed by atoms with Gasteiger partial charge in [0.1, 0.15) is 5.69 Å². The first-order valence-electron chi connectivity index (χ1n) is 16.2. The minimum atomic E-state index is -0.450. The number of carbonyl (C=O) groups is 1. The number of nitrogens with zero attached hydrogens (tertiary/aromatic N) is 6. The number of rotatable bonds is 9. The molecule has 2 aliphatic rings. The zero-order chi connectivity index (χ0) is 31.8. The Kier molecular flexibility index (Phi) is 7.67. The number of hydrogen-bond acceptors (Lipinski definition) is 8. The van der Waals surface area contributed by atoms with E-state index in [0.29, 0.717) is 5.95 Å². The van der Waals surface area contributed by atoms with Crippen LogP contribution < -0.4 is 15.5 Å². The summed E-state index contributed by atoms with van der Waals surface area (Å²) in [5.41, 5.74) is 6.86. The van der Waals surface area contributed by atoms with Gasteiger partial charge < -0.3 is 20.4 Å². The van der Waals surface area contributed by atoms with E-state index >= 15 is 0 Å². The van der Waals surface area contributed by atoms with Crippen molar-refractivity contribution in [2.24, 2.45) is 0 Å². The van der Waals surface area contributed by atoms with Crippen molar-refractivity contribution in [1.82, 2.24) is 24.3 Å². The maximum atomic E-state index is 13.5. The molecule has 2 fully saturated rings. The van der Waals surface area contributed by atoms with E-state index in [-0.39, 0.29) is 5.91 Å². The lowest BCUT2D eigenvalue weighted by Crippen LogP contribution is -2.46. The molecule has 2 N–H and O–H groups in total. The zero-order valence-corrected chi connectivity index (χ0v) is 27.1. The molecule has 1 amide bonds. The Morgan fingerprint density at radius 2 is 1.70 bits per heavy atom. The van der Waals surface area contributed by atoms with Gasteiger partial charge in [-0.1, -0.05) is 49.4 Å². The van der Waals surface area contributed by atoms with Crippen LogP contribution >= 0.6 is 11.3 Å². The normalized spacial score (nSPS) is 15.9. The topological polar surface area (TPSA) is 90.7 Å². The van der Waals surface area contributed by atoms with Gasteiger partial charge in [-0.25, -0.2) is 15.0 Å². The molecular weight excluding hydrogens is 605 g/mol. The lowest BCUT2D eigenvalue weighted by atomic mass is 9.95. The smallest absolute Gasteiger partial charge is 0.235 e. The lowest BCUT2D eigenvalue weighted by Gasteiger charge is -2.35. The fourth-order valence-corrected chi connectivity index (χ4v) is 7.23. The number of nitrogens with one attached hydrogen (secondary N) is 2. The molecule has 3 aromatic carbocycles. The highest BCUT2D eigenvalue weighted by atomic mass is 32.1. The molecule has 9 nitrogen and oxygen atoms in total. The van der Waals surface area contributed by atoms with E-state index in [1.165, 1.54) is 5.69 Å². The summed E-state index contributed by atoms with van der Waals surface area (Å²) in [7, 11) is 0. The van der Waals surface area contributed by atoms with Gasteiger partial charge in [0, 0.05) is 66.6 Å². The summed E-state index contributed by atoms with van der Waals surface area (Å²) in [4.78, 5) is 33.8. The number of carbonyl (C=O) groups excluding carboxylic acids is 1. The molecule has 3 aromatic heterocycles. The number of fused-ring (bicyclic) bond motifs is 1. The van der Waals surface area contributed by atoms with Crippen molar-refractivity contribution < 1.29 is 4.79 Å². The maximum absolute atomic E-state index is 13.5. The van der Waals surface area contributed by atoms with Crippen LogP contribution in [-0.2, 0) is 10.2 Å². The number of likely N-dealkylation sites (N-methyl/N-ethyl adjacent to an activating group) is 1. The second-order valence-electron chi connectivity index (χ2n) is 12.2. The van der Waals surface area contributed by atoms with Crippen molar-refractivity contribution in [2.45, 2.75) is 25.2 Å². The molecule has 6 aromatic rings. The minimum Gasteiger partial charge on any atom is -0.369 e. The van der Waals surface area contributed by atoms with Crippen LogP contribution in [0.1, 0.15) is 25.3 Å². The first-order chi connectivity index (χ1) is 23.1. The van der Waals surface area contributed by atoms with Crippen LogP contribution in [0.4, 0.5) is 23.0 Å². The molecule has 236 valence electrons. The largest absolute Gasteiger partial charge is 0.369 e. The molecular formula is C37H36N8OS. The molecule has 0 radical (unpaired) electrons. The van der Waals surface area contributed by atoms with E-state index in [1.807, 2.05) is 72.2 Å². The molecule has 47 heavy (non-hydrogen) atoms. The van der Waals surface area contributed by atoms with E-state index in [1.54, 1.807) is 17.5 Å². The number of piperazine rings is 1. The van der Waals surface area contributed by atoms with Gasteiger partial charge in [-0.05, 0) is 67.4 Å². The molecule has 1 aliphatic heterocycles. The van der Waals surface area contributed by atoms with Gasteiger partial charge >= 0.3 is 0 Å². The fourth-order valence-electron chi connectivity index (χ4n) is 6.51. The molecule has 4 heterocycles. The highest BCUT2D eigenvalue weighted by Crippen LogP contribution is 2.49. The first kappa shape index (κ1) is 29.3. The number of thiazole rings is 1. The molecule has 8 rings (SSSR count). The SMILES string of the molecule is CCN1CCN(c2ccc(Nc3nccc(-c4c(-c5cccc(NC(=O)C6(c7ccccc7)CC6)c5)nc5sccn45)n3)cc2)CC1. The molecule has 0 atom stereocenters. The predicted octanol–water partition coefficient (Wildman–Crippen LogP) is 7.08. The van der Waals surface area contributed by atoms with Crippen molar-refractivity contribution in [3.8, 4) is 22.6 Å². The van der Waals surface area contributed by atoms with Gasteiger partial charge in [0.2, 0.25) is 11.9 Å². The Hall–Kier alpha value is -5.06. The number of hydrogen-bond donors (Lipinski definition) is 2. The van der Waals surface area contributed by atoms with Crippen molar-refractivity contribution in [3.63, 3.8) is 0 Å². The summed E-state index contributed by atoms with van der Waals surface area (Å²) < 4.78 is 2.07. The Labute approximate surface area is 277 Å². The Morgan fingerprint density at radius 3 is 2.47 bits per heavy atom. The number of amides is 1. The van der Waals surface area contributed by atoms with Gasteiger partial charge in [0.05, 0.1) is 16.8 Å². The lowest BCUT2D eigenvalue weighted by molar-refractivity contribution is -0.118. The first-order valence-corrected chi connectivity index (χ1v) is 17.1. The molecule has 1 saturated carbocycles. The summed E-state index contributed by atoms with van der Waals surface area (Å²) >= 11 is 1.57. The highest BCUT2D eigenvalue weighted by Gasteiger charge is 2.51. The summed E-state index contributed by atoms with van der Waals surface area (Å²) in [5.74, 6) is 0.546. The Morgan fingerprint density at radius 1 is 0.894 bits per heavy atom. The number of aromatic nitrogens is 4. The van der Waals surface area contributed by atoms with Crippen molar-refractivity contribution in [2.75, 3.05) is 48.3 Å². The Bertz CT molecular complexity index is 2020. The summed E-state index contributed by atoms with van der Waals surface area (Å²) in [6.07, 6.45) is 5.50. The third-order valence-corrected chi connectivity index (χ3v) is 10.1. The van der Waals surface area contributed by atoms with E-state index in [4.69, 9.17) is 9.97 Å². The zero-order valence-electron chi connectivity index (χ0n) is 26.3. The second-order valence-corrected chi connectivity index (χ2v) is 13.1. The minimum absolute atomic E-state index is 0.0329. The highest BCUT2D eigenvalue weighted by molar-refractivity contribution is 7.15. The van der Waals surface area contributed by atoms with Crippen LogP contribution in [-0.4, -0.2) is 62.9 Å². The summed E-state index contributed by atoms with van der Waals surface area (Å²) in [6, 6.07) is 28.4. The van der Waals surface area contributed by atoms with Gasteiger partial charge in [0.15, 0.2) is 4.96 Å². The van der Waals surface area contributed by atoms with Crippen LogP contribution in [0.5, 0.6) is 0 Å². The van der Waals surface area contributed by atoms with Crippen molar-refractivity contribution in [1.29, 1.82) is 0 Å². The van der Waals surface area contributed by atoms with Gasteiger partial charge in [-0.3, -0.25) is 9.20 Å².